The Morgan fingerprint density at radius 3 is 2.47 bits per heavy atom. The van der Waals surface area contributed by atoms with Crippen LogP contribution in [0.1, 0.15) is 6.92 Å². The summed E-state index contributed by atoms with van der Waals surface area (Å²) in [6.45, 7) is 2.22. The zero-order valence-electron chi connectivity index (χ0n) is 10.4. The molecule has 0 saturated heterocycles. The highest BCUT2D eigenvalue weighted by atomic mass is 16.6. The molecule has 19 heavy (non-hydrogen) atoms. The van der Waals surface area contributed by atoms with Gasteiger partial charge in [0.1, 0.15) is 5.75 Å². The van der Waals surface area contributed by atoms with Gasteiger partial charge in [0.25, 0.3) is 5.69 Å². The Kier molecular flexibility index (Phi) is 3.97. The average molecular weight is 259 g/mol. The molecule has 0 N–H and O–H groups in total. The van der Waals surface area contributed by atoms with Crippen molar-refractivity contribution < 1.29 is 14.4 Å². The maximum absolute atomic E-state index is 10.7. The van der Waals surface area contributed by atoms with Crippen LogP contribution in [-0.4, -0.2) is 11.5 Å². The van der Waals surface area contributed by atoms with Crippen molar-refractivity contribution in [2.24, 2.45) is 0 Å². The molecule has 98 valence electrons. The quantitative estimate of drug-likeness (QED) is 0.605. The number of nitrogens with zero attached hydrogens (tertiary/aromatic N) is 1. The van der Waals surface area contributed by atoms with E-state index in [4.69, 9.17) is 9.47 Å². The lowest BCUT2D eigenvalue weighted by Gasteiger charge is -2.11. The van der Waals surface area contributed by atoms with Crippen LogP contribution in [0.3, 0.4) is 0 Å². The summed E-state index contributed by atoms with van der Waals surface area (Å²) in [5.74, 6) is 1.47. The summed E-state index contributed by atoms with van der Waals surface area (Å²) >= 11 is 0. The van der Waals surface area contributed by atoms with Crippen molar-refractivity contribution in [2.75, 3.05) is 6.61 Å². The lowest BCUT2D eigenvalue weighted by Crippen LogP contribution is -1.97. The molecule has 0 fully saturated rings. The van der Waals surface area contributed by atoms with Crippen LogP contribution in [0.4, 0.5) is 5.69 Å². The van der Waals surface area contributed by atoms with E-state index in [0.717, 1.165) is 0 Å². The van der Waals surface area contributed by atoms with Gasteiger partial charge < -0.3 is 9.47 Å². The Bertz CT molecular complexity index is 569. The molecule has 0 atom stereocenters. The Balaban J connectivity index is 2.31. The first-order chi connectivity index (χ1) is 9.20. The number of nitro benzene ring substituents is 1. The van der Waals surface area contributed by atoms with Crippen molar-refractivity contribution in [3.63, 3.8) is 0 Å². The van der Waals surface area contributed by atoms with Crippen molar-refractivity contribution in [1.29, 1.82) is 0 Å². The number of para-hydroxylation sites is 1. The highest BCUT2D eigenvalue weighted by Crippen LogP contribution is 2.34. The number of hydrogen-bond acceptors (Lipinski definition) is 4. The molecule has 0 heterocycles. The number of hydrogen-bond donors (Lipinski definition) is 0. The zero-order valence-corrected chi connectivity index (χ0v) is 10.4. The molecule has 0 spiro atoms. The second kappa shape index (κ2) is 5.86. The second-order valence-electron chi connectivity index (χ2n) is 3.74. The highest BCUT2D eigenvalue weighted by Gasteiger charge is 2.13. The van der Waals surface area contributed by atoms with E-state index < -0.39 is 4.92 Å². The fourth-order valence-electron chi connectivity index (χ4n) is 1.58. The molecular weight excluding hydrogens is 246 g/mol. The van der Waals surface area contributed by atoms with Crippen molar-refractivity contribution >= 4 is 5.69 Å². The number of nitro groups is 1. The lowest BCUT2D eigenvalue weighted by molar-refractivity contribution is -0.385. The normalized spacial score (nSPS) is 9.95. The summed E-state index contributed by atoms with van der Waals surface area (Å²) in [4.78, 5) is 10.3. The molecule has 0 aliphatic heterocycles. The molecule has 5 nitrogen and oxygen atoms in total. The molecule has 0 radical (unpaired) electrons. The first-order valence-corrected chi connectivity index (χ1v) is 5.85. The van der Waals surface area contributed by atoms with Gasteiger partial charge in [-0.3, -0.25) is 10.1 Å². The third kappa shape index (κ3) is 3.22. The molecular formula is C14H13NO4. The van der Waals surface area contributed by atoms with Crippen LogP contribution in [0.5, 0.6) is 17.2 Å². The third-order valence-electron chi connectivity index (χ3n) is 2.41. The van der Waals surface area contributed by atoms with Crippen LogP contribution < -0.4 is 9.47 Å². The minimum Gasteiger partial charge on any atom is -0.490 e. The Morgan fingerprint density at radius 2 is 1.84 bits per heavy atom. The van der Waals surface area contributed by atoms with Gasteiger partial charge in [-0.05, 0) is 25.1 Å². The number of rotatable bonds is 5. The molecule has 0 saturated carbocycles. The topological polar surface area (TPSA) is 61.6 Å². The SMILES string of the molecule is CCOc1cc([N+](=O)[O-])ccc1Oc1ccccc1. The predicted molar refractivity (Wildman–Crippen MR) is 70.8 cm³/mol. The smallest absolute Gasteiger partial charge is 0.273 e. The Morgan fingerprint density at radius 1 is 1.11 bits per heavy atom. The van der Waals surface area contributed by atoms with Crippen LogP contribution in [0.15, 0.2) is 48.5 Å². The molecule has 0 aliphatic rings. The number of ether oxygens (including phenoxy) is 2. The van der Waals surface area contributed by atoms with Gasteiger partial charge in [-0.15, -0.1) is 0 Å². The number of benzene rings is 2. The molecule has 0 amide bonds. The fraction of sp³-hybridized carbons (Fsp3) is 0.143. The van der Waals surface area contributed by atoms with E-state index in [-0.39, 0.29) is 5.69 Å². The van der Waals surface area contributed by atoms with Gasteiger partial charge in [-0.2, -0.15) is 0 Å². The van der Waals surface area contributed by atoms with E-state index in [0.29, 0.717) is 23.9 Å². The summed E-state index contributed by atoms with van der Waals surface area (Å²) in [6, 6.07) is 13.5. The zero-order chi connectivity index (χ0) is 13.7. The van der Waals surface area contributed by atoms with E-state index in [1.807, 2.05) is 25.1 Å². The van der Waals surface area contributed by atoms with Crippen molar-refractivity contribution in [3.05, 3.63) is 58.6 Å². The molecule has 0 unspecified atom stereocenters. The van der Waals surface area contributed by atoms with Crippen LogP contribution in [0.2, 0.25) is 0 Å². The maximum Gasteiger partial charge on any atom is 0.273 e. The molecule has 2 aromatic rings. The lowest BCUT2D eigenvalue weighted by atomic mass is 10.2. The Hall–Kier alpha value is -2.56. The van der Waals surface area contributed by atoms with Gasteiger partial charge in [0, 0.05) is 6.07 Å². The summed E-state index contributed by atoms with van der Waals surface area (Å²) in [6.07, 6.45) is 0. The summed E-state index contributed by atoms with van der Waals surface area (Å²) in [5.41, 5.74) is -0.0242. The van der Waals surface area contributed by atoms with E-state index >= 15 is 0 Å². The van der Waals surface area contributed by atoms with Gasteiger partial charge in [-0.25, -0.2) is 0 Å². The van der Waals surface area contributed by atoms with Crippen LogP contribution >= 0.6 is 0 Å². The van der Waals surface area contributed by atoms with Crippen LogP contribution in [-0.2, 0) is 0 Å². The fourth-order valence-corrected chi connectivity index (χ4v) is 1.58. The minimum atomic E-state index is -0.463. The summed E-state index contributed by atoms with van der Waals surface area (Å²) in [7, 11) is 0. The maximum atomic E-state index is 10.7. The molecule has 2 aromatic carbocycles. The molecule has 0 aromatic heterocycles. The van der Waals surface area contributed by atoms with E-state index in [2.05, 4.69) is 0 Å². The van der Waals surface area contributed by atoms with Crippen LogP contribution in [0.25, 0.3) is 0 Å². The van der Waals surface area contributed by atoms with Gasteiger partial charge in [-0.1, -0.05) is 18.2 Å². The van der Waals surface area contributed by atoms with Crippen LogP contribution in [0, 0.1) is 10.1 Å². The molecule has 0 aliphatic carbocycles. The standard InChI is InChI=1S/C14H13NO4/c1-2-18-14-10-11(15(16)17)8-9-13(14)19-12-6-4-3-5-7-12/h3-10H,2H2,1H3. The first kappa shape index (κ1) is 12.9. The average Bonchev–Trinajstić information content (AvgIpc) is 2.42. The monoisotopic (exact) mass is 259 g/mol. The van der Waals surface area contributed by atoms with Gasteiger partial charge in [0.15, 0.2) is 11.5 Å². The van der Waals surface area contributed by atoms with E-state index in [1.54, 1.807) is 12.1 Å². The predicted octanol–water partition coefficient (Wildman–Crippen LogP) is 3.79. The van der Waals surface area contributed by atoms with E-state index in [9.17, 15) is 10.1 Å². The summed E-state index contributed by atoms with van der Waals surface area (Å²) in [5, 5.41) is 10.7. The Labute approximate surface area is 110 Å². The van der Waals surface area contributed by atoms with E-state index in [1.165, 1.54) is 18.2 Å². The van der Waals surface area contributed by atoms with Gasteiger partial charge in [0.05, 0.1) is 17.6 Å². The van der Waals surface area contributed by atoms with Gasteiger partial charge in [0.2, 0.25) is 0 Å². The van der Waals surface area contributed by atoms with Gasteiger partial charge >= 0.3 is 0 Å². The van der Waals surface area contributed by atoms with Crippen molar-refractivity contribution in [3.8, 4) is 17.2 Å². The summed E-state index contributed by atoms with van der Waals surface area (Å²) < 4.78 is 11.0. The van der Waals surface area contributed by atoms with Crippen molar-refractivity contribution in [1.82, 2.24) is 0 Å². The molecule has 2 rings (SSSR count). The molecule has 0 bridgehead atoms. The largest absolute Gasteiger partial charge is 0.490 e. The second-order valence-corrected chi connectivity index (χ2v) is 3.74. The first-order valence-electron chi connectivity index (χ1n) is 5.85. The molecule has 5 heteroatoms. The minimum absolute atomic E-state index is 0.0242. The highest BCUT2D eigenvalue weighted by molar-refractivity contribution is 5.50. The number of non-ortho nitro benzene ring substituents is 1. The third-order valence-corrected chi connectivity index (χ3v) is 2.41. The van der Waals surface area contributed by atoms with Crippen molar-refractivity contribution in [2.45, 2.75) is 6.92 Å².